The number of nitrogens with zero attached hydrogens (tertiary/aromatic N) is 1. The van der Waals surface area contributed by atoms with Crippen molar-refractivity contribution in [3.63, 3.8) is 0 Å². The Morgan fingerprint density at radius 3 is 2.09 bits per heavy atom. The molecule has 0 bridgehead atoms. The van der Waals surface area contributed by atoms with Gasteiger partial charge in [-0.2, -0.15) is 0 Å². The normalized spacial score (nSPS) is 12.5. The lowest BCUT2D eigenvalue weighted by Gasteiger charge is -2.13. The van der Waals surface area contributed by atoms with Crippen molar-refractivity contribution in [2.24, 2.45) is 5.92 Å². The van der Waals surface area contributed by atoms with Crippen LogP contribution in [-0.4, -0.2) is 54.3 Å². The Morgan fingerprint density at radius 2 is 1.52 bits per heavy atom. The first-order chi connectivity index (χ1) is 15.8. The number of hydrogen-bond donors (Lipinski definition) is 1. The van der Waals surface area contributed by atoms with E-state index in [0.29, 0.717) is 29.0 Å². The molecule has 0 aliphatic carbocycles. The Balaban J connectivity index is 1.41. The minimum absolute atomic E-state index is 0.138. The summed E-state index contributed by atoms with van der Waals surface area (Å²) in [4.78, 5) is 61.5. The number of imide groups is 1. The number of nitrogens with one attached hydrogen (secondary N) is 1. The molecule has 9 heteroatoms. The van der Waals surface area contributed by atoms with Gasteiger partial charge in [0.15, 0.2) is 6.61 Å². The van der Waals surface area contributed by atoms with Crippen molar-refractivity contribution in [1.82, 2.24) is 4.90 Å². The molecule has 0 spiro atoms. The molecule has 0 fully saturated rings. The molecule has 0 saturated carbocycles. The Bertz CT molecular complexity index is 1040. The average molecular weight is 452 g/mol. The first-order valence-electron chi connectivity index (χ1n) is 10.4. The van der Waals surface area contributed by atoms with E-state index in [1.54, 1.807) is 24.3 Å². The SMILES string of the molecule is CC(C)COC(=O)c1ccc(NC(=O)COC(=O)CCN2C(=O)c3ccccc3C2=O)cc1. The van der Waals surface area contributed by atoms with Crippen LogP contribution < -0.4 is 5.32 Å². The third kappa shape index (κ3) is 6.03. The first-order valence-corrected chi connectivity index (χ1v) is 10.4. The van der Waals surface area contributed by atoms with E-state index in [9.17, 15) is 24.0 Å². The van der Waals surface area contributed by atoms with Gasteiger partial charge in [0.05, 0.1) is 29.7 Å². The lowest BCUT2D eigenvalue weighted by molar-refractivity contribution is -0.147. The highest BCUT2D eigenvalue weighted by molar-refractivity contribution is 6.21. The van der Waals surface area contributed by atoms with Crippen LogP contribution in [0.5, 0.6) is 0 Å². The van der Waals surface area contributed by atoms with Crippen LogP contribution in [0.2, 0.25) is 0 Å². The molecule has 1 heterocycles. The van der Waals surface area contributed by atoms with E-state index in [0.717, 1.165) is 4.90 Å². The van der Waals surface area contributed by atoms with Gasteiger partial charge in [0, 0.05) is 12.2 Å². The second-order valence-corrected chi connectivity index (χ2v) is 7.84. The summed E-state index contributed by atoms with van der Waals surface area (Å²) in [6, 6.07) is 12.5. The number of esters is 2. The molecule has 2 aromatic rings. The molecule has 0 aromatic heterocycles. The third-order valence-corrected chi connectivity index (χ3v) is 4.73. The van der Waals surface area contributed by atoms with Crippen LogP contribution in [0.15, 0.2) is 48.5 Å². The van der Waals surface area contributed by atoms with E-state index in [1.807, 2.05) is 13.8 Å². The van der Waals surface area contributed by atoms with Gasteiger partial charge in [0.25, 0.3) is 17.7 Å². The molecule has 33 heavy (non-hydrogen) atoms. The molecule has 172 valence electrons. The third-order valence-electron chi connectivity index (χ3n) is 4.73. The van der Waals surface area contributed by atoms with E-state index in [1.165, 1.54) is 24.3 Å². The highest BCUT2D eigenvalue weighted by Gasteiger charge is 2.35. The zero-order chi connectivity index (χ0) is 24.0. The van der Waals surface area contributed by atoms with E-state index >= 15 is 0 Å². The number of fused-ring (bicyclic) bond motifs is 1. The van der Waals surface area contributed by atoms with Crippen LogP contribution in [-0.2, 0) is 19.1 Å². The van der Waals surface area contributed by atoms with Crippen LogP contribution in [0.4, 0.5) is 5.69 Å². The number of carbonyl (C=O) groups excluding carboxylic acids is 5. The maximum absolute atomic E-state index is 12.3. The maximum atomic E-state index is 12.3. The van der Waals surface area contributed by atoms with E-state index in [2.05, 4.69) is 5.32 Å². The van der Waals surface area contributed by atoms with Crippen LogP contribution in [0.25, 0.3) is 0 Å². The number of rotatable bonds is 9. The number of ether oxygens (including phenoxy) is 2. The molecular weight excluding hydrogens is 428 g/mol. The summed E-state index contributed by atoms with van der Waals surface area (Å²) in [5, 5.41) is 2.55. The van der Waals surface area contributed by atoms with Crippen molar-refractivity contribution in [1.29, 1.82) is 0 Å². The van der Waals surface area contributed by atoms with Crippen molar-refractivity contribution in [3.8, 4) is 0 Å². The summed E-state index contributed by atoms with van der Waals surface area (Å²) < 4.78 is 10.1. The van der Waals surface area contributed by atoms with Crippen LogP contribution in [0.1, 0.15) is 51.3 Å². The predicted molar refractivity (Wildman–Crippen MR) is 118 cm³/mol. The minimum Gasteiger partial charge on any atom is -0.462 e. The largest absolute Gasteiger partial charge is 0.462 e. The van der Waals surface area contributed by atoms with Crippen LogP contribution >= 0.6 is 0 Å². The van der Waals surface area contributed by atoms with Gasteiger partial charge < -0.3 is 14.8 Å². The van der Waals surface area contributed by atoms with Crippen molar-refractivity contribution in [2.75, 3.05) is 25.1 Å². The van der Waals surface area contributed by atoms with Gasteiger partial charge in [-0.3, -0.25) is 24.1 Å². The molecule has 9 nitrogen and oxygen atoms in total. The fourth-order valence-corrected chi connectivity index (χ4v) is 3.08. The highest BCUT2D eigenvalue weighted by atomic mass is 16.5. The van der Waals surface area contributed by atoms with E-state index in [-0.39, 0.29) is 18.9 Å². The van der Waals surface area contributed by atoms with Gasteiger partial charge in [0.2, 0.25) is 0 Å². The number of anilines is 1. The molecule has 1 aliphatic heterocycles. The Kier molecular flexibility index (Phi) is 7.55. The van der Waals surface area contributed by atoms with Gasteiger partial charge >= 0.3 is 11.9 Å². The van der Waals surface area contributed by atoms with Crippen molar-refractivity contribution in [3.05, 3.63) is 65.2 Å². The van der Waals surface area contributed by atoms with Crippen LogP contribution in [0.3, 0.4) is 0 Å². The maximum Gasteiger partial charge on any atom is 0.338 e. The van der Waals surface area contributed by atoms with E-state index in [4.69, 9.17) is 9.47 Å². The highest BCUT2D eigenvalue weighted by Crippen LogP contribution is 2.22. The summed E-state index contributed by atoms with van der Waals surface area (Å²) in [5.41, 5.74) is 1.37. The number of carbonyl (C=O) groups is 5. The molecule has 1 N–H and O–H groups in total. The second-order valence-electron chi connectivity index (χ2n) is 7.84. The standard InChI is InChI=1S/C24H24N2O7/c1-15(2)13-33-24(31)16-7-9-17(10-8-16)25-20(27)14-32-21(28)11-12-26-22(29)18-5-3-4-6-19(18)23(26)30/h3-10,15H,11-14H2,1-2H3,(H,25,27). The van der Waals surface area contributed by atoms with Gasteiger partial charge in [-0.05, 0) is 42.3 Å². The molecule has 3 amide bonds. The second kappa shape index (κ2) is 10.5. The molecular formula is C24H24N2O7. The molecule has 0 unspecified atom stereocenters. The van der Waals surface area contributed by atoms with Gasteiger partial charge in [-0.25, -0.2) is 4.79 Å². The van der Waals surface area contributed by atoms with Crippen LogP contribution in [0, 0.1) is 5.92 Å². The average Bonchev–Trinajstić information content (AvgIpc) is 3.05. The zero-order valence-corrected chi connectivity index (χ0v) is 18.3. The monoisotopic (exact) mass is 452 g/mol. The number of benzene rings is 2. The Morgan fingerprint density at radius 1 is 0.909 bits per heavy atom. The topological polar surface area (TPSA) is 119 Å². The predicted octanol–water partition coefficient (Wildman–Crippen LogP) is 2.67. The molecule has 2 aromatic carbocycles. The van der Waals surface area contributed by atoms with Gasteiger partial charge in [-0.15, -0.1) is 0 Å². The van der Waals surface area contributed by atoms with Crippen molar-refractivity contribution < 1.29 is 33.4 Å². The quantitative estimate of drug-likeness (QED) is 0.459. The zero-order valence-electron chi connectivity index (χ0n) is 18.3. The first kappa shape index (κ1) is 23.6. The fraction of sp³-hybridized carbons (Fsp3) is 0.292. The fourth-order valence-electron chi connectivity index (χ4n) is 3.08. The summed E-state index contributed by atoms with van der Waals surface area (Å²) in [5.74, 6) is -2.43. The van der Waals surface area contributed by atoms with E-state index < -0.39 is 36.3 Å². The number of amides is 3. The summed E-state index contributed by atoms with van der Waals surface area (Å²) in [6.45, 7) is 3.52. The lowest BCUT2D eigenvalue weighted by Crippen LogP contribution is -2.32. The Labute approximate surface area is 190 Å². The lowest BCUT2D eigenvalue weighted by atomic mass is 10.1. The van der Waals surface area contributed by atoms with Crippen molar-refractivity contribution in [2.45, 2.75) is 20.3 Å². The van der Waals surface area contributed by atoms with Gasteiger partial charge in [0.1, 0.15) is 0 Å². The number of hydrogen-bond acceptors (Lipinski definition) is 7. The van der Waals surface area contributed by atoms with Crippen molar-refractivity contribution >= 4 is 35.3 Å². The molecule has 3 rings (SSSR count). The molecule has 0 atom stereocenters. The molecule has 1 aliphatic rings. The smallest absolute Gasteiger partial charge is 0.338 e. The summed E-state index contributed by atoms with van der Waals surface area (Å²) >= 11 is 0. The molecule has 0 radical (unpaired) electrons. The summed E-state index contributed by atoms with van der Waals surface area (Å²) in [6.07, 6.45) is -0.230. The van der Waals surface area contributed by atoms with Gasteiger partial charge in [-0.1, -0.05) is 26.0 Å². The Hall–Kier alpha value is -4.01. The summed E-state index contributed by atoms with van der Waals surface area (Å²) in [7, 11) is 0. The molecule has 0 saturated heterocycles. The minimum atomic E-state index is -0.718.